The fraction of sp³-hybridized carbons (Fsp3) is 0.588. The van der Waals surface area contributed by atoms with Gasteiger partial charge in [0, 0.05) is 31.4 Å². The van der Waals surface area contributed by atoms with Gasteiger partial charge in [-0.1, -0.05) is 13.8 Å². The zero-order chi connectivity index (χ0) is 15.9. The average molecular weight is 305 g/mol. The minimum absolute atomic E-state index is 0.132. The summed E-state index contributed by atoms with van der Waals surface area (Å²) in [5, 5.41) is 5.93. The lowest BCUT2D eigenvalue weighted by atomic mass is 10.0. The molecule has 5 heteroatoms. The first-order valence-electron chi connectivity index (χ1n) is 8.00. The second-order valence-electron chi connectivity index (χ2n) is 6.30. The first kappa shape index (κ1) is 16.6. The van der Waals surface area contributed by atoms with E-state index in [2.05, 4.69) is 29.4 Å². The number of amides is 2. The summed E-state index contributed by atoms with van der Waals surface area (Å²) in [4.78, 5) is 14.5. The fourth-order valence-electron chi connectivity index (χ4n) is 2.80. The highest BCUT2D eigenvalue weighted by molar-refractivity contribution is 5.89. The van der Waals surface area contributed by atoms with E-state index in [-0.39, 0.29) is 12.1 Å². The summed E-state index contributed by atoms with van der Waals surface area (Å²) in [5.41, 5.74) is 0.774. The van der Waals surface area contributed by atoms with Gasteiger partial charge < -0.3 is 20.3 Å². The Morgan fingerprint density at radius 3 is 2.45 bits per heavy atom. The third kappa shape index (κ3) is 5.22. The van der Waals surface area contributed by atoms with Crippen molar-refractivity contribution in [3.63, 3.8) is 0 Å². The summed E-state index contributed by atoms with van der Waals surface area (Å²) in [5.74, 6) is 1.48. The van der Waals surface area contributed by atoms with Crippen LogP contribution in [-0.4, -0.2) is 43.7 Å². The minimum atomic E-state index is -0.132. The van der Waals surface area contributed by atoms with E-state index in [1.807, 2.05) is 24.3 Å². The molecule has 5 nitrogen and oxygen atoms in total. The molecule has 122 valence electrons. The van der Waals surface area contributed by atoms with Crippen molar-refractivity contribution in [2.24, 2.45) is 5.92 Å². The molecule has 0 unspecified atom stereocenters. The van der Waals surface area contributed by atoms with E-state index in [9.17, 15) is 4.79 Å². The molecule has 2 rings (SSSR count). The molecule has 1 fully saturated rings. The van der Waals surface area contributed by atoms with Crippen molar-refractivity contribution in [2.45, 2.75) is 32.7 Å². The number of carbonyl (C=O) groups is 1. The molecule has 0 radical (unpaired) electrons. The third-order valence-corrected chi connectivity index (χ3v) is 3.89. The van der Waals surface area contributed by atoms with E-state index in [1.165, 1.54) is 0 Å². The van der Waals surface area contributed by atoms with Gasteiger partial charge in [0.25, 0.3) is 0 Å². The Kier molecular flexibility index (Phi) is 6.07. The molecule has 2 amide bonds. The van der Waals surface area contributed by atoms with Crippen LogP contribution in [0.4, 0.5) is 10.5 Å². The molecule has 1 saturated heterocycles. The molecular weight excluding hydrogens is 278 g/mol. The highest BCUT2D eigenvalue weighted by Crippen LogP contribution is 2.16. The zero-order valence-corrected chi connectivity index (χ0v) is 13.8. The number of nitrogens with one attached hydrogen (secondary N) is 2. The van der Waals surface area contributed by atoms with Crippen molar-refractivity contribution in [1.82, 2.24) is 10.2 Å². The van der Waals surface area contributed by atoms with Gasteiger partial charge in [0.2, 0.25) is 0 Å². The summed E-state index contributed by atoms with van der Waals surface area (Å²) in [6.45, 7) is 7.75. The molecule has 1 aliphatic heterocycles. The van der Waals surface area contributed by atoms with Crippen LogP contribution in [0.25, 0.3) is 0 Å². The second kappa shape index (κ2) is 8.03. The lowest BCUT2D eigenvalue weighted by Gasteiger charge is -2.33. The number of piperidine rings is 1. The molecule has 1 aromatic rings. The van der Waals surface area contributed by atoms with E-state index in [1.54, 1.807) is 7.11 Å². The molecule has 1 heterocycles. The number of likely N-dealkylation sites (tertiary alicyclic amines) is 1. The fourth-order valence-corrected chi connectivity index (χ4v) is 2.80. The molecule has 22 heavy (non-hydrogen) atoms. The monoisotopic (exact) mass is 305 g/mol. The van der Waals surface area contributed by atoms with Gasteiger partial charge in [-0.3, -0.25) is 0 Å². The zero-order valence-electron chi connectivity index (χ0n) is 13.8. The number of hydrogen-bond acceptors (Lipinski definition) is 3. The van der Waals surface area contributed by atoms with Crippen LogP contribution in [0.1, 0.15) is 26.7 Å². The van der Waals surface area contributed by atoms with Gasteiger partial charge in [-0.25, -0.2) is 4.79 Å². The van der Waals surface area contributed by atoms with Gasteiger partial charge in [-0.05, 0) is 43.0 Å². The first-order valence-corrected chi connectivity index (χ1v) is 8.00. The molecule has 0 aliphatic carbocycles. The Morgan fingerprint density at radius 1 is 1.27 bits per heavy atom. The molecule has 1 aliphatic rings. The average Bonchev–Trinajstić information content (AvgIpc) is 2.49. The van der Waals surface area contributed by atoms with Crippen molar-refractivity contribution < 1.29 is 9.53 Å². The number of benzene rings is 1. The van der Waals surface area contributed by atoms with E-state index in [4.69, 9.17) is 4.74 Å². The van der Waals surface area contributed by atoms with E-state index in [0.29, 0.717) is 5.92 Å². The molecule has 2 N–H and O–H groups in total. The summed E-state index contributed by atoms with van der Waals surface area (Å²) in [6.07, 6.45) is 2.03. The second-order valence-corrected chi connectivity index (χ2v) is 6.30. The van der Waals surface area contributed by atoms with Gasteiger partial charge in [0.15, 0.2) is 0 Å². The van der Waals surface area contributed by atoms with Crippen molar-refractivity contribution in [3.05, 3.63) is 24.3 Å². The maximum absolute atomic E-state index is 12.0. The SMILES string of the molecule is COc1ccc(NC(=O)NC2CCN(CC(C)C)CC2)cc1. The van der Waals surface area contributed by atoms with Crippen LogP contribution in [-0.2, 0) is 0 Å². The molecule has 0 aromatic heterocycles. The Balaban J connectivity index is 1.73. The van der Waals surface area contributed by atoms with E-state index < -0.39 is 0 Å². The van der Waals surface area contributed by atoms with Crippen LogP contribution < -0.4 is 15.4 Å². The standard InChI is InChI=1S/C17H27N3O2/c1-13(2)12-20-10-8-15(9-11-20)19-17(21)18-14-4-6-16(22-3)7-5-14/h4-7,13,15H,8-12H2,1-3H3,(H2,18,19,21). The molecule has 0 atom stereocenters. The lowest BCUT2D eigenvalue weighted by Crippen LogP contribution is -2.46. The Labute approximate surface area is 133 Å². The topological polar surface area (TPSA) is 53.6 Å². The van der Waals surface area contributed by atoms with Crippen LogP contribution in [0, 0.1) is 5.92 Å². The molecular formula is C17H27N3O2. The van der Waals surface area contributed by atoms with Crippen LogP contribution >= 0.6 is 0 Å². The smallest absolute Gasteiger partial charge is 0.319 e. The van der Waals surface area contributed by atoms with Gasteiger partial charge >= 0.3 is 6.03 Å². The van der Waals surface area contributed by atoms with Crippen molar-refractivity contribution >= 4 is 11.7 Å². The lowest BCUT2D eigenvalue weighted by molar-refractivity contribution is 0.180. The Hall–Kier alpha value is -1.75. The number of hydrogen-bond donors (Lipinski definition) is 2. The van der Waals surface area contributed by atoms with Crippen LogP contribution in [0.2, 0.25) is 0 Å². The highest BCUT2D eigenvalue weighted by atomic mass is 16.5. The van der Waals surface area contributed by atoms with Gasteiger partial charge in [-0.2, -0.15) is 0 Å². The summed E-state index contributed by atoms with van der Waals surface area (Å²) < 4.78 is 5.10. The van der Waals surface area contributed by atoms with Crippen molar-refractivity contribution in [3.8, 4) is 5.75 Å². The molecule has 0 bridgehead atoms. The maximum atomic E-state index is 12.0. The molecule has 0 spiro atoms. The largest absolute Gasteiger partial charge is 0.497 e. The van der Waals surface area contributed by atoms with Gasteiger partial charge in [-0.15, -0.1) is 0 Å². The number of carbonyl (C=O) groups excluding carboxylic acids is 1. The Bertz CT molecular complexity index is 465. The Morgan fingerprint density at radius 2 is 1.91 bits per heavy atom. The predicted octanol–water partition coefficient (Wildman–Crippen LogP) is 2.94. The third-order valence-electron chi connectivity index (χ3n) is 3.89. The maximum Gasteiger partial charge on any atom is 0.319 e. The summed E-state index contributed by atoms with van der Waals surface area (Å²) in [7, 11) is 1.63. The number of urea groups is 1. The van der Waals surface area contributed by atoms with Crippen molar-refractivity contribution in [2.75, 3.05) is 32.1 Å². The summed E-state index contributed by atoms with van der Waals surface area (Å²) >= 11 is 0. The van der Waals surface area contributed by atoms with E-state index in [0.717, 1.165) is 43.9 Å². The number of methoxy groups -OCH3 is 1. The van der Waals surface area contributed by atoms with Crippen LogP contribution in [0.3, 0.4) is 0 Å². The number of anilines is 1. The minimum Gasteiger partial charge on any atom is -0.497 e. The van der Waals surface area contributed by atoms with E-state index >= 15 is 0 Å². The molecule has 1 aromatic carbocycles. The van der Waals surface area contributed by atoms with Crippen LogP contribution in [0.5, 0.6) is 5.75 Å². The van der Waals surface area contributed by atoms with Gasteiger partial charge in [0.05, 0.1) is 7.11 Å². The van der Waals surface area contributed by atoms with Crippen LogP contribution in [0.15, 0.2) is 24.3 Å². The number of ether oxygens (including phenoxy) is 1. The normalized spacial score (nSPS) is 16.5. The quantitative estimate of drug-likeness (QED) is 0.879. The summed E-state index contributed by atoms with van der Waals surface area (Å²) in [6, 6.07) is 7.47. The first-order chi connectivity index (χ1) is 10.6. The number of nitrogens with zero attached hydrogens (tertiary/aromatic N) is 1. The number of rotatable bonds is 5. The highest BCUT2D eigenvalue weighted by Gasteiger charge is 2.20. The molecule has 0 saturated carbocycles. The van der Waals surface area contributed by atoms with Gasteiger partial charge in [0.1, 0.15) is 5.75 Å². The predicted molar refractivity (Wildman–Crippen MR) is 89.4 cm³/mol. The van der Waals surface area contributed by atoms with Crippen molar-refractivity contribution in [1.29, 1.82) is 0 Å².